The van der Waals surface area contributed by atoms with Crippen LogP contribution in [0.15, 0.2) is 59.9 Å². The van der Waals surface area contributed by atoms with Gasteiger partial charge in [-0.15, -0.1) is 0 Å². The van der Waals surface area contributed by atoms with Crippen LogP contribution in [-0.2, 0) is 6.54 Å². The number of para-hydroxylation sites is 1. The molecule has 2 heterocycles. The van der Waals surface area contributed by atoms with Gasteiger partial charge in [0.15, 0.2) is 5.16 Å². The van der Waals surface area contributed by atoms with Crippen molar-refractivity contribution in [3.05, 3.63) is 65.3 Å². The maximum absolute atomic E-state index is 12.5. The molecule has 120 valence electrons. The van der Waals surface area contributed by atoms with E-state index in [1.165, 1.54) is 0 Å². The van der Waals surface area contributed by atoms with Gasteiger partial charge in [-0.25, -0.2) is 4.98 Å². The number of benzene rings is 2. The predicted octanol–water partition coefficient (Wildman–Crippen LogP) is 4.56. The van der Waals surface area contributed by atoms with Gasteiger partial charge in [0.25, 0.3) is 5.91 Å². The summed E-state index contributed by atoms with van der Waals surface area (Å²) in [5.74, 6) is 0.876. The molecule has 1 aliphatic rings. The summed E-state index contributed by atoms with van der Waals surface area (Å²) in [6, 6.07) is 14.6. The van der Waals surface area contributed by atoms with Crippen LogP contribution in [0.4, 0.5) is 5.69 Å². The molecule has 4 nitrogen and oxygen atoms in total. The van der Waals surface area contributed by atoms with Crippen molar-refractivity contribution in [1.82, 2.24) is 9.55 Å². The van der Waals surface area contributed by atoms with Gasteiger partial charge < -0.3 is 9.88 Å². The molecule has 2 aromatic carbocycles. The second kappa shape index (κ2) is 6.34. The third kappa shape index (κ3) is 2.92. The van der Waals surface area contributed by atoms with E-state index >= 15 is 0 Å². The van der Waals surface area contributed by atoms with Crippen molar-refractivity contribution in [1.29, 1.82) is 0 Å². The number of imidazole rings is 1. The van der Waals surface area contributed by atoms with Crippen molar-refractivity contribution >= 4 is 35.0 Å². The highest BCUT2D eigenvalue weighted by Gasteiger charge is 2.17. The molecule has 0 spiro atoms. The second-order valence-corrected chi connectivity index (χ2v) is 6.96. The van der Waals surface area contributed by atoms with E-state index in [4.69, 9.17) is 11.6 Å². The SMILES string of the molecule is O=C(Nc1ccccc1-c1cn2c(n1)SCC2)c1cccc(Cl)c1. The molecule has 0 aliphatic carbocycles. The highest BCUT2D eigenvalue weighted by molar-refractivity contribution is 7.99. The van der Waals surface area contributed by atoms with Gasteiger partial charge in [0.2, 0.25) is 0 Å². The lowest BCUT2D eigenvalue weighted by atomic mass is 10.1. The Kier molecular flexibility index (Phi) is 4.04. The lowest BCUT2D eigenvalue weighted by Crippen LogP contribution is -2.12. The Morgan fingerprint density at radius 1 is 1.21 bits per heavy atom. The standard InChI is InChI=1S/C18H14ClN3OS/c19-13-5-3-4-12(10-13)17(23)20-15-7-2-1-6-14(15)16-11-22-8-9-24-18(22)21-16/h1-7,10-11H,8-9H2,(H,20,23). The number of thioether (sulfide) groups is 1. The summed E-state index contributed by atoms with van der Waals surface area (Å²) in [5, 5.41) is 4.53. The third-order valence-electron chi connectivity index (χ3n) is 3.84. The Bertz CT molecular complexity index is 901. The molecule has 0 radical (unpaired) electrons. The Labute approximate surface area is 148 Å². The van der Waals surface area contributed by atoms with Gasteiger partial charge in [-0.1, -0.05) is 47.6 Å². The number of anilines is 1. The molecule has 1 aromatic heterocycles. The van der Waals surface area contributed by atoms with Crippen molar-refractivity contribution < 1.29 is 4.79 Å². The van der Waals surface area contributed by atoms with Crippen LogP contribution < -0.4 is 5.32 Å². The molecule has 0 saturated heterocycles. The smallest absolute Gasteiger partial charge is 0.255 e. The van der Waals surface area contributed by atoms with Gasteiger partial charge in [-0.3, -0.25) is 4.79 Å². The summed E-state index contributed by atoms with van der Waals surface area (Å²) in [5.41, 5.74) is 3.05. The normalized spacial score (nSPS) is 12.9. The number of carbonyl (C=O) groups excluding carboxylic acids is 1. The van der Waals surface area contributed by atoms with E-state index in [-0.39, 0.29) is 5.91 Å². The molecule has 6 heteroatoms. The van der Waals surface area contributed by atoms with Crippen molar-refractivity contribution in [2.45, 2.75) is 11.7 Å². The maximum Gasteiger partial charge on any atom is 0.255 e. The highest BCUT2D eigenvalue weighted by Crippen LogP contribution is 2.32. The number of aromatic nitrogens is 2. The van der Waals surface area contributed by atoms with Gasteiger partial charge >= 0.3 is 0 Å². The molecule has 1 N–H and O–H groups in total. The highest BCUT2D eigenvalue weighted by atomic mass is 35.5. The minimum absolute atomic E-state index is 0.189. The van der Waals surface area contributed by atoms with Crippen LogP contribution in [0, 0.1) is 0 Å². The predicted molar refractivity (Wildman–Crippen MR) is 97.8 cm³/mol. The molecular weight excluding hydrogens is 342 g/mol. The summed E-state index contributed by atoms with van der Waals surface area (Å²) in [6.45, 7) is 0.976. The summed E-state index contributed by atoms with van der Waals surface area (Å²) >= 11 is 7.72. The largest absolute Gasteiger partial charge is 0.325 e. The topological polar surface area (TPSA) is 46.9 Å². The van der Waals surface area contributed by atoms with E-state index in [1.54, 1.807) is 36.0 Å². The molecule has 0 unspecified atom stereocenters. The number of fused-ring (bicyclic) bond motifs is 1. The molecule has 3 aromatic rings. The van der Waals surface area contributed by atoms with Gasteiger partial charge in [-0.05, 0) is 24.3 Å². The number of hydrogen-bond acceptors (Lipinski definition) is 3. The van der Waals surface area contributed by atoms with E-state index in [9.17, 15) is 4.79 Å². The molecule has 0 bridgehead atoms. The van der Waals surface area contributed by atoms with Crippen LogP contribution in [0.2, 0.25) is 5.02 Å². The number of carbonyl (C=O) groups is 1. The van der Waals surface area contributed by atoms with E-state index in [1.807, 2.05) is 30.5 Å². The van der Waals surface area contributed by atoms with Crippen molar-refractivity contribution in [2.24, 2.45) is 0 Å². The van der Waals surface area contributed by atoms with Crippen LogP contribution in [0.1, 0.15) is 10.4 Å². The maximum atomic E-state index is 12.5. The van der Waals surface area contributed by atoms with Crippen molar-refractivity contribution in [3.8, 4) is 11.3 Å². The molecule has 0 saturated carbocycles. The molecular formula is C18H14ClN3OS. The molecule has 0 fully saturated rings. The van der Waals surface area contributed by atoms with Crippen LogP contribution in [0.5, 0.6) is 0 Å². The zero-order chi connectivity index (χ0) is 16.5. The number of nitrogens with one attached hydrogen (secondary N) is 1. The molecule has 4 rings (SSSR count). The fraction of sp³-hybridized carbons (Fsp3) is 0.111. The van der Waals surface area contributed by atoms with Gasteiger partial charge in [0.1, 0.15) is 0 Å². The summed E-state index contributed by atoms with van der Waals surface area (Å²) < 4.78 is 2.15. The zero-order valence-corrected chi connectivity index (χ0v) is 14.3. The Hall–Kier alpha value is -2.24. The lowest BCUT2D eigenvalue weighted by Gasteiger charge is -2.10. The number of halogens is 1. The minimum atomic E-state index is -0.189. The Balaban J connectivity index is 1.65. The summed E-state index contributed by atoms with van der Waals surface area (Å²) in [4.78, 5) is 17.2. The first-order chi connectivity index (χ1) is 11.7. The van der Waals surface area contributed by atoms with Gasteiger partial charge in [0.05, 0.1) is 11.4 Å². The van der Waals surface area contributed by atoms with Crippen LogP contribution in [0.3, 0.4) is 0 Å². The number of amides is 1. The molecule has 1 aliphatic heterocycles. The van der Waals surface area contributed by atoms with Crippen LogP contribution in [-0.4, -0.2) is 21.2 Å². The van der Waals surface area contributed by atoms with Crippen molar-refractivity contribution in [3.63, 3.8) is 0 Å². The van der Waals surface area contributed by atoms with Gasteiger partial charge in [-0.2, -0.15) is 0 Å². The fourth-order valence-corrected chi connectivity index (χ4v) is 3.81. The third-order valence-corrected chi connectivity index (χ3v) is 5.05. The minimum Gasteiger partial charge on any atom is -0.325 e. The first-order valence-electron chi connectivity index (χ1n) is 7.57. The molecule has 1 amide bonds. The Morgan fingerprint density at radius 2 is 2.08 bits per heavy atom. The molecule has 0 atom stereocenters. The van der Waals surface area contributed by atoms with E-state index in [0.29, 0.717) is 10.6 Å². The molecule has 24 heavy (non-hydrogen) atoms. The zero-order valence-electron chi connectivity index (χ0n) is 12.7. The Morgan fingerprint density at radius 3 is 2.92 bits per heavy atom. The van der Waals surface area contributed by atoms with E-state index < -0.39 is 0 Å². The van der Waals surface area contributed by atoms with Crippen molar-refractivity contribution in [2.75, 3.05) is 11.1 Å². The average molecular weight is 356 g/mol. The van der Waals surface area contributed by atoms with Crippen LogP contribution >= 0.6 is 23.4 Å². The first kappa shape index (κ1) is 15.3. The van der Waals surface area contributed by atoms with Crippen LogP contribution in [0.25, 0.3) is 11.3 Å². The quantitative estimate of drug-likeness (QED) is 0.749. The summed E-state index contributed by atoms with van der Waals surface area (Å²) in [6.07, 6.45) is 2.04. The van der Waals surface area contributed by atoms with E-state index in [2.05, 4.69) is 14.9 Å². The number of rotatable bonds is 3. The van der Waals surface area contributed by atoms with Gasteiger partial charge in [0, 0.05) is 34.6 Å². The fourth-order valence-electron chi connectivity index (χ4n) is 2.68. The number of nitrogens with zero attached hydrogens (tertiary/aromatic N) is 2. The first-order valence-corrected chi connectivity index (χ1v) is 8.93. The lowest BCUT2D eigenvalue weighted by molar-refractivity contribution is 0.102. The summed E-state index contributed by atoms with van der Waals surface area (Å²) in [7, 11) is 0. The number of hydrogen-bond donors (Lipinski definition) is 1. The monoisotopic (exact) mass is 355 g/mol. The second-order valence-electron chi connectivity index (χ2n) is 5.46. The van der Waals surface area contributed by atoms with E-state index in [0.717, 1.165) is 34.4 Å². The average Bonchev–Trinajstić information content (AvgIpc) is 3.17. The number of aryl methyl sites for hydroxylation is 1.